The molecule has 5 heteroatoms. The number of nitrogens with one attached hydrogen (secondary N) is 1. The fourth-order valence-corrected chi connectivity index (χ4v) is 1.64. The van der Waals surface area contributed by atoms with Crippen LogP contribution >= 0.6 is 0 Å². The Bertz CT molecular complexity index is 547. The van der Waals surface area contributed by atoms with Crippen molar-refractivity contribution < 1.29 is 13.2 Å². The second-order valence-corrected chi connectivity index (χ2v) is 3.93. The van der Waals surface area contributed by atoms with E-state index in [1.807, 2.05) is 13.3 Å². The smallest absolute Gasteiger partial charge is 0.354 e. The van der Waals surface area contributed by atoms with Crippen LogP contribution in [0.25, 0.3) is 0 Å². The average molecular weight is 265 g/mol. The second-order valence-electron chi connectivity index (χ2n) is 3.93. The number of hydrogen-bond donors (Lipinski definition) is 1. The molecule has 1 heterocycles. The van der Waals surface area contributed by atoms with Gasteiger partial charge in [0.2, 0.25) is 0 Å². The van der Waals surface area contributed by atoms with Crippen LogP contribution in [0.2, 0.25) is 0 Å². The van der Waals surface area contributed by atoms with Gasteiger partial charge in [-0.1, -0.05) is 19.1 Å². The number of rotatable bonds is 3. The summed E-state index contributed by atoms with van der Waals surface area (Å²) in [5, 5.41) is 2.73. The summed E-state index contributed by atoms with van der Waals surface area (Å²) in [6, 6.07) is 8.78. The lowest BCUT2D eigenvalue weighted by Gasteiger charge is -2.14. The monoisotopic (exact) mass is 265 g/mol. The van der Waals surface area contributed by atoms with Gasteiger partial charge in [-0.2, -0.15) is 13.2 Å². The van der Waals surface area contributed by atoms with Crippen molar-refractivity contribution in [2.75, 3.05) is 5.32 Å². The van der Waals surface area contributed by atoms with Crippen LogP contribution in [0.15, 0.2) is 42.6 Å². The standard InChI is InChI=1S/C14H12F3N2/c1-2-10-7-8-11(9-18-10)19-13-6-4-3-5-12(13)14(15,16)17/h2-9,19H,1H3. The topological polar surface area (TPSA) is 24.9 Å². The Balaban J connectivity index is 2.28. The fourth-order valence-electron chi connectivity index (χ4n) is 1.64. The number of halogens is 3. The van der Waals surface area contributed by atoms with Crippen LogP contribution in [0, 0.1) is 6.42 Å². The summed E-state index contributed by atoms with van der Waals surface area (Å²) in [5.74, 6) is 0. The molecule has 0 aliphatic carbocycles. The summed E-state index contributed by atoms with van der Waals surface area (Å²) >= 11 is 0. The first-order valence-corrected chi connectivity index (χ1v) is 5.69. The van der Waals surface area contributed by atoms with Crippen LogP contribution in [0.5, 0.6) is 0 Å². The van der Waals surface area contributed by atoms with Crippen molar-refractivity contribution in [1.29, 1.82) is 0 Å². The van der Waals surface area contributed by atoms with Gasteiger partial charge < -0.3 is 5.32 Å². The molecule has 2 nitrogen and oxygen atoms in total. The van der Waals surface area contributed by atoms with E-state index >= 15 is 0 Å². The Kier molecular flexibility index (Phi) is 3.74. The van der Waals surface area contributed by atoms with Crippen molar-refractivity contribution in [2.45, 2.75) is 13.1 Å². The van der Waals surface area contributed by atoms with E-state index in [2.05, 4.69) is 10.3 Å². The summed E-state index contributed by atoms with van der Waals surface area (Å²) < 4.78 is 38.4. The van der Waals surface area contributed by atoms with Crippen molar-refractivity contribution >= 4 is 11.4 Å². The summed E-state index contributed by atoms with van der Waals surface area (Å²) in [6.45, 7) is 1.84. The normalized spacial score (nSPS) is 11.4. The van der Waals surface area contributed by atoms with Crippen molar-refractivity contribution in [3.63, 3.8) is 0 Å². The highest BCUT2D eigenvalue weighted by atomic mass is 19.4. The number of aromatic nitrogens is 1. The molecule has 0 aliphatic rings. The van der Waals surface area contributed by atoms with Gasteiger partial charge in [0.05, 0.1) is 23.1 Å². The van der Waals surface area contributed by atoms with E-state index < -0.39 is 11.7 Å². The highest BCUT2D eigenvalue weighted by molar-refractivity contribution is 5.63. The van der Waals surface area contributed by atoms with Crippen LogP contribution in [-0.4, -0.2) is 4.98 Å². The van der Waals surface area contributed by atoms with Gasteiger partial charge >= 0.3 is 6.18 Å². The zero-order valence-corrected chi connectivity index (χ0v) is 10.2. The highest BCUT2D eigenvalue weighted by Crippen LogP contribution is 2.35. The molecule has 99 valence electrons. The molecule has 0 saturated carbocycles. The Morgan fingerprint density at radius 2 is 1.84 bits per heavy atom. The molecule has 1 radical (unpaired) electrons. The lowest BCUT2D eigenvalue weighted by molar-refractivity contribution is -0.136. The van der Waals surface area contributed by atoms with Crippen molar-refractivity contribution in [3.05, 3.63) is 60.3 Å². The molecule has 0 fully saturated rings. The molecular weight excluding hydrogens is 253 g/mol. The molecule has 0 saturated heterocycles. The lowest BCUT2D eigenvalue weighted by atomic mass is 10.1. The van der Waals surface area contributed by atoms with E-state index in [4.69, 9.17) is 0 Å². The lowest BCUT2D eigenvalue weighted by Crippen LogP contribution is -2.08. The largest absolute Gasteiger partial charge is 0.418 e. The van der Waals surface area contributed by atoms with Crippen LogP contribution < -0.4 is 5.32 Å². The fraction of sp³-hybridized carbons (Fsp3) is 0.143. The minimum absolute atomic E-state index is 0.0185. The Morgan fingerprint density at radius 1 is 1.11 bits per heavy atom. The van der Waals surface area contributed by atoms with E-state index in [-0.39, 0.29) is 5.69 Å². The number of nitrogens with zero attached hydrogens (tertiary/aromatic N) is 1. The third-order valence-electron chi connectivity index (χ3n) is 2.59. The summed E-state index contributed by atoms with van der Waals surface area (Å²) in [5.41, 5.74) is 0.614. The molecule has 1 aromatic heterocycles. The molecule has 1 N–H and O–H groups in total. The molecule has 0 aliphatic heterocycles. The minimum Gasteiger partial charge on any atom is -0.354 e. The molecule has 1 aromatic carbocycles. The van der Waals surface area contributed by atoms with Gasteiger partial charge in [0, 0.05) is 12.1 Å². The molecule has 0 atom stereocenters. The molecule has 19 heavy (non-hydrogen) atoms. The highest BCUT2D eigenvalue weighted by Gasteiger charge is 2.33. The number of pyridine rings is 1. The van der Waals surface area contributed by atoms with Gasteiger partial charge in [-0.15, -0.1) is 0 Å². The van der Waals surface area contributed by atoms with E-state index in [1.54, 1.807) is 18.2 Å². The molecule has 2 aromatic rings. The molecule has 2 rings (SSSR count). The van der Waals surface area contributed by atoms with Crippen molar-refractivity contribution in [1.82, 2.24) is 4.98 Å². The van der Waals surface area contributed by atoms with Crippen LogP contribution in [0.3, 0.4) is 0 Å². The minimum atomic E-state index is -4.38. The maximum Gasteiger partial charge on any atom is 0.418 e. The SMILES string of the molecule is C[CH]c1ccc(Nc2ccccc2C(F)(F)F)cn1. The first-order chi connectivity index (χ1) is 9.00. The van der Waals surface area contributed by atoms with Gasteiger partial charge in [-0.05, 0) is 24.3 Å². The van der Waals surface area contributed by atoms with Gasteiger partial charge in [0.25, 0.3) is 0 Å². The second kappa shape index (κ2) is 5.30. The van der Waals surface area contributed by atoms with Crippen LogP contribution in [0.4, 0.5) is 24.5 Å². The van der Waals surface area contributed by atoms with Gasteiger partial charge in [-0.25, -0.2) is 0 Å². The zero-order valence-electron chi connectivity index (χ0n) is 10.2. The Labute approximate surface area is 109 Å². The summed E-state index contributed by atoms with van der Waals surface area (Å²) in [6.07, 6.45) is -1.07. The van der Waals surface area contributed by atoms with Crippen molar-refractivity contribution in [2.24, 2.45) is 0 Å². The van der Waals surface area contributed by atoms with Gasteiger partial charge in [0.15, 0.2) is 0 Å². The average Bonchev–Trinajstić information content (AvgIpc) is 2.39. The van der Waals surface area contributed by atoms with Gasteiger partial charge in [-0.3, -0.25) is 4.98 Å². The number of hydrogen-bond acceptors (Lipinski definition) is 2. The number of alkyl halides is 3. The molecule has 0 amide bonds. The van der Waals surface area contributed by atoms with E-state index in [0.717, 1.165) is 11.8 Å². The number of para-hydroxylation sites is 1. The Morgan fingerprint density at radius 3 is 2.42 bits per heavy atom. The molecule has 0 bridgehead atoms. The van der Waals surface area contributed by atoms with Crippen LogP contribution in [-0.2, 0) is 6.18 Å². The molecular formula is C14H12F3N2. The quantitative estimate of drug-likeness (QED) is 0.888. The zero-order chi connectivity index (χ0) is 13.9. The first-order valence-electron chi connectivity index (χ1n) is 5.69. The van der Waals surface area contributed by atoms with E-state index in [0.29, 0.717) is 5.69 Å². The predicted molar refractivity (Wildman–Crippen MR) is 68.0 cm³/mol. The summed E-state index contributed by atoms with van der Waals surface area (Å²) in [7, 11) is 0. The van der Waals surface area contributed by atoms with E-state index in [9.17, 15) is 13.2 Å². The Hall–Kier alpha value is -2.04. The maximum atomic E-state index is 12.8. The predicted octanol–water partition coefficient (Wildman–Crippen LogP) is 4.42. The first kappa shape index (κ1) is 13.4. The maximum absolute atomic E-state index is 12.8. The number of anilines is 2. The third-order valence-corrected chi connectivity index (χ3v) is 2.59. The summed E-state index contributed by atoms with van der Waals surface area (Å²) in [4.78, 5) is 4.09. The van der Waals surface area contributed by atoms with Crippen LogP contribution in [0.1, 0.15) is 18.2 Å². The molecule has 0 spiro atoms. The number of benzene rings is 1. The van der Waals surface area contributed by atoms with Crippen molar-refractivity contribution in [3.8, 4) is 0 Å². The van der Waals surface area contributed by atoms with Gasteiger partial charge in [0.1, 0.15) is 0 Å². The molecule has 0 unspecified atom stereocenters. The third kappa shape index (κ3) is 3.24. The van der Waals surface area contributed by atoms with E-state index in [1.165, 1.54) is 18.3 Å².